The van der Waals surface area contributed by atoms with E-state index < -0.39 is 5.91 Å². The summed E-state index contributed by atoms with van der Waals surface area (Å²) in [5, 5.41) is 3.23. The number of halogens is 2. The van der Waals surface area contributed by atoms with Gasteiger partial charge in [-0.25, -0.2) is 0 Å². The third kappa shape index (κ3) is 4.59. The van der Waals surface area contributed by atoms with E-state index in [1.54, 1.807) is 36.4 Å². The number of ether oxygens (including phenoxy) is 2. The van der Waals surface area contributed by atoms with Crippen LogP contribution in [0.1, 0.15) is 6.92 Å². The number of methoxy groups -OCH3 is 2. The van der Waals surface area contributed by atoms with Gasteiger partial charge >= 0.3 is 0 Å². The lowest BCUT2D eigenvalue weighted by molar-refractivity contribution is -0.120. The van der Waals surface area contributed by atoms with Crippen molar-refractivity contribution in [3.8, 4) is 11.5 Å². The van der Waals surface area contributed by atoms with Gasteiger partial charge in [0.15, 0.2) is 11.5 Å². The van der Waals surface area contributed by atoms with E-state index in [1.165, 1.54) is 26.0 Å². The zero-order chi connectivity index (χ0) is 19.3. The third-order valence-corrected chi connectivity index (χ3v) is 4.38. The fraction of sp³-hybridized carbons (Fsp3) is 0.222. The quantitative estimate of drug-likeness (QED) is 0.800. The van der Waals surface area contributed by atoms with Gasteiger partial charge in [-0.15, -0.1) is 0 Å². The molecule has 0 heterocycles. The number of amides is 2. The first-order valence-electron chi connectivity index (χ1n) is 7.61. The van der Waals surface area contributed by atoms with E-state index in [4.69, 9.17) is 32.7 Å². The molecule has 0 atom stereocenters. The molecule has 0 aliphatic carbocycles. The lowest BCUT2D eigenvalue weighted by Crippen LogP contribution is -2.36. The van der Waals surface area contributed by atoms with Crippen molar-refractivity contribution in [3.63, 3.8) is 0 Å². The summed E-state index contributed by atoms with van der Waals surface area (Å²) >= 11 is 12.2. The van der Waals surface area contributed by atoms with E-state index in [1.807, 2.05) is 0 Å². The molecule has 0 radical (unpaired) electrons. The van der Waals surface area contributed by atoms with Crippen LogP contribution >= 0.6 is 23.2 Å². The zero-order valence-electron chi connectivity index (χ0n) is 14.5. The molecule has 0 spiro atoms. The average molecular weight is 397 g/mol. The summed E-state index contributed by atoms with van der Waals surface area (Å²) in [5.41, 5.74) is 0.877. The van der Waals surface area contributed by atoms with Gasteiger partial charge in [0.05, 0.1) is 30.0 Å². The van der Waals surface area contributed by atoms with Gasteiger partial charge in [-0.05, 0) is 24.3 Å². The molecular formula is C18H18Cl2N2O4. The average Bonchev–Trinajstić information content (AvgIpc) is 2.62. The van der Waals surface area contributed by atoms with Crippen LogP contribution in [0.2, 0.25) is 10.0 Å². The molecule has 0 bridgehead atoms. The molecule has 0 aliphatic rings. The maximum Gasteiger partial charge on any atom is 0.244 e. The van der Waals surface area contributed by atoms with E-state index in [0.717, 1.165) is 0 Å². The topological polar surface area (TPSA) is 67.9 Å². The molecule has 0 unspecified atom stereocenters. The van der Waals surface area contributed by atoms with E-state index in [9.17, 15) is 9.59 Å². The number of rotatable bonds is 6. The smallest absolute Gasteiger partial charge is 0.244 e. The van der Waals surface area contributed by atoms with Gasteiger partial charge in [0.1, 0.15) is 6.54 Å². The lowest BCUT2D eigenvalue weighted by atomic mass is 10.2. The molecule has 138 valence electrons. The minimum Gasteiger partial charge on any atom is -0.493 e. The summed E-state index contributed by atoms with van der Waals surface area (Å²) in [4.78, 5) is 25.6. The predicted molar refractivity (Wildman–Crippen MR) is 103 cm³/mol. The molecule has 2 aromatic rings. The van der Waals surface area contributed by atoms with Crippen LogP contribution in [0.25, 0.3) is 0 Å². The van der Waals surface area contributed by atoms with Crippen LogP contribution in [0, 0.1) is 0 Å². The Morgan fingerprint density at radius 1 is 1.08 bits per heavy atom. The van der Waals surface area contributed by atoms with Gasteiger partial charge < -0.3 is 19.7 Å². The molecule has 2 aromatic carbocycles. The number of nitrogens with one attached hydrogen (secondary N) is 1. The number of nitrogens with zero attached hydrogens (tertiary/aromatic N) is 1. The minimum atomic E-state index is -0.400. The van der Waals surface area contributed by atoms with Gasteiger partial charge in [-0.2, -0.15) is 0 Å². The summed E-state index contributed by atoms with van der Waals surface area (Å²) < 4.78 is 10.4. The normalized spacial score (nSPS) is 10.2. The fourth-order valence-electron chi connectivity index (χ4n) is 2.33. The van der Waals surface area contributed by atoms with E-state index in [2.05, 4.69) is 5.32 Å². The Hall–Kier alpha value is -2.44. The Labute approximate surface area is 161 Å². The van der Waals surface area contributed by atoms with E-state index >= 15 is 0 Å². The highest BCUT2D eigenvalue weighted by Crippen LogP contribution is 2.33. The highest BCUT2D eigenvalue weighted by molar-refractivity contribution is 6.44. The highest BCUT2D eigenvalue weighted by atomic mass is 35.5. The van der Waals surface area contributed by atoms with Crippen molar-refractivity contribution in [3.05, 3.63) is 46.4 Å². The number of hydrogen-bond donors (Lipinski definition) is 1. The molecule has 2 amide bonds. The Balaban J connectivity index is 2.18. The second-order valence-corrected chi connectivity index (χ2v) is 6.08. The molecule has 0 aliphatic heterocycles. The van der Waals surface area contributed by atoms with Gasteiger partial charge in [0.2, 0.25) is 11.8 Å². The monoisotopic (exact) mass is 396 g/mol. The maximum absolute atomic E-state index is 12.4. The molecule has 0 aromatic heterocycles. The van der Waals surface area contributed by atoms with E-state index in [-0.39, 0.29) is 17.5 Å². The summed E-state index contributed by atoms with van der Waals surface area (Å²) in [6.07, 6.45) is 0. The number of carbonyl (C=O) groups excluding carboxylic acids is 2. The zero-order valence-corrected chi connectivity index (χ0v) is 16.0. The lowest BCUT2D eigenvalue weighted by Gasteiger charge is -2.22. The van der Waals surface area contributed by atoms with Crippen LogP contribution in [0.3, 0.4) is 0 Å². The standard InChI is InChI=1S/C18H18Cl2N2O4/c1-11(23)22(14-6-4-5-13(19)18(14)20)10-17(24)21-12-7-8-15(25-2)16(9-12)26-3/h4-9H,10H2,1-3H3,(H,21,24). The fourth-order valence-corrected chi connectivity index (χ4v) is 2.72. The first kappa shape index (κ1) is 19.9. The predicted octanol–water partition coefficient (Wildman–Crippen LogP) is 4.00. The summed E-state index contributed by atoms with van der Waals surface area (Å²) in [5.74, 6) is 0.285. The largest absolute Gasteiger partial charge is 0.493 e. The van der Waals surface area contributed by atoms with Crippen molar-refractivity contribution in [2.24, 2.45) is 0 Å². The summed E-state index contributed by atoms with van der Waals surface area (Å²) in [6, 6.07) is 9.86. The first-order valence-corrected chi connectivity index (χ1v) is 8.37. The van der Waals surface area contributed by atoms with Crippen LogP contribution in [0.4, 0.5) is 11.4 Å². The van der Waals surface area contributed by atoms with Crippen LogP contribution in [0.5, 0.6) is 11.5 Å². The number of hydrogen-bond acceptors (Lipinski definition) is 4. The van der Waals surface area contributed by atoms with Gasteiger partial charge in [0.25, 0.3) is 0 Å². The van der Waals surface area contributed by atoms with Crippen LogP contribution in [0.15, 0.2) is 36.4 Å². The highest BCUT2D eigenvalue weighted by Gasteiger charge is 2.20. The molecule has 2 rings (SSSR count). The molecular weight excluding hydrogens is 379 g/mol. The molecule has 0 saturated carbocycles. The summed E-state index contributed by atoms with van der Waals surface area (Å²) in [6.45, 7) is 1.13. The van der Waals surface area contributed by atoms with Crippen molar-refractivity contribution in [1.29, 1.82) is 0 Å². The molecule has 0 saturated heterocycles. The molecule has 26 heavy (non-hydrogen) atoms. The van der Waals surface area contributed by atoms with Crippen LogP contribution in [-0.2, 0) is 9.59 Å². The van der Waals surface area contributed by atoms with E-state index in [0.29, 0.717) is 27.9 Å². The number of benzene rings is 2. The van der Waals surface area contributed by atoms with Crippen molar-refractivity contribution >= 4 is 46.4 Å². The Morgan fingerprint density at radius 2 is 1.77 bits per heavy atom. The number of anilines is 2. The minimum absolute atomic E-state index is 0.211. The van der Waals surface area contributed by atoms with Crippen LogP contribution in [-0.4, -0.2) is 32.6 Å². The van der Waals surface area contributed by atoms with Gasteiger partial charge in [0, 0.05) is 18.7 Å². The SMILES string of the molecule is COc1ccc(NC(=O)CN(C(C)=O)c2cccc(Cl)c2Cl)cc1OC. The van der Waals surface area contributed by atoms with Crippen molar-refractivity contribution in [2.75, 3.05) is 31.0 Å². The first-order chi connectivity index (χ1) is 12.4. The molecule has 0 fully saturated rings. The van der Waals surface area contributed by atoms with Gasteiger partial charge in [-0.1, -0.05) is 29.3 Å². The molecule has 6 nitrogen and oxygen atoms in total. The van der Waals surface area contributed by atoms with Crippen molar-refractivity contribution < 1.29 is 19.1 Å². The third-order valence-electron chi connectivity index (χ3n) is 3.57. The number of carbonyl (C=O) groups is 2. The van der Waals surface area contributed by atoms with Crippen LogP contribution < -0.4 is 19.7 Å². The summed E-state index contributed by atoms with van der Waals surface area (Å²) in [7, 11) is 3.03. The van der Waals surface area contributed by atoms with Crippen molar-refractivity contribution in [2.45, 2.75) is 6.92 Å². The maximum atomic E-state index is 12.4. The van der Waals surface area contributed by atoms with Crippen molar-refractivity contribution in [1.82, 2.24) is 0 Å². The molecule has 8 heteroatoms. The Morgan fingerprint density at radius 3 is 2.38 bits per heavy atom. The second kappa shape index (κ2) is 8.78. The molecule has 1 N–H and O–H groups in total. The Bertz CT molecular complexity index is 827. The Kier molecular flexibility index (Phi) is 6.71. The van der Waals surface area contributed by atoms with Gasteiger partial charge in [-0.3, -0.25) is 9.59 Å². The second-order valence-electron chi connectivity index (χ2n) is 5.30.